The van der Waals surface area contributed by atoms with Gasteiger partial charge in [0.15, 0.2) is 0 Å². The number of likely N-dealkylation sites (tertiary alicyclic amines) is 1. The summed E-state index contributed by atoms with van der Waals surface area (Å²) in [5, 5.41) is 9.65. The van der Waals surface area contributed by atoms with Gasteiger partial charge in [-0.25, -0.2) is 0 Å². The molecule has 1 unspecified atom stereocenters. The van der Waals surface area contributed by atoms with Crippen molar-refractivity contribution < 1.29 is 9.90 Å². The van der Waals surface area contributed by atoms with Gasteiger partial charge in [0.25, 0.3) is 0 Å². The van der Waals surface area contributed by atoms with E-state index in [1.165, 1.54) is 12.8 Å². The van der Waals surface area contributed by atoms with Crippen LogP contribution in [0.2, 0.25) is 0 Å². The Balaban J connectivity index is 2.00. The largest absolute Gasteiger partial charge is 0.396 e. The van der Waals surface area contributed by atoms with Gasteiger partial charge in [-0.2, -0.15) is 0 Å². The zero-order valence-electron chi connectivity index (χ0n) is 11.2. The summed E-state index contributed by atoms with van der Waals surface area (Å²) in [6.45, 7) is 5.52. The van der Waals surface area contributed by atoms with Crippen LogP contribution in [0.5, 0.6) is 0 Å². The summed E-state index contributed by atoms with van der Waals surface area (Å²) < 4.78 is 0. The Hall–Kier alpha value is -0.830. The van der Waals surface area contributed by atoms with Crippen LogP contribution < -0.4 is 0 Å². The first kappa shape index (κ1) is 13.6. The molecule has 3 heteroatoms. The predicted octanol–water partition coefficient (Wildman–Crippen LogP) is 2.35. The first-order valence-electron chi connectivity index (χ1n) is 7.21. The predicted molar refractivity (Wildman–Crippen MR) is 72.1 cm³/mol. The monoisotopic (exact) mass is 251 g/mol. The lowest BCUT2D eigenvalue weighted by molar-refractivity contribution is -0.139. The molecule has 18 heavy (non-hydrogen) atoms. The molecule has 0 spiro atoms. The van der Waals surface area contributed by atoms with Crippen LogP contribution in [0.3, 0.4) is 0 Å². The van der Waals surface area contributed by atoms with Crippen LogP contribution in [0.25, 0.3) is 0 Å². The molecular formula is C15H25NO2. The third kappa shape index (κ3) is 2.77. The lowest BCUT2D eigenvalue weighted by atomic mass is 9.77. The number of aliphatic hydroxyl groups excluding tert-OH is 1. The van der Waals surface area contributed by atoms with Gasteiger partial charge in [0.2, 0.25) is 5.91 Å². The van der Waals surface area contributed by atoms with E-state index in [9.17, 15) is 9.90 Å². The molecule has 1 N–H and O–H groups in total. The molecule has 0 bridgehead atoms. The van der Waals surface area contributed by atoms with Crippen LogP contribution in [-0.2, 0) is 4.79 Å². The molecule has 1 saturated carbocycles. The number of allylic oxidation sites excluding steroid dienone is 1. The van der Waals surface area contributed by atoms with Gasteiger partial charge < -0.3 is 10.0 Å². The minimum Gasteiger partial charge on any atom is -0.396 e. The number of nitrogens with zero attached hydrogens (tertiary/aromatic N) is 1. The van der Waals surface area contributed by atoms with E-state index < -0.39 is 0 Å². The first-order chi connectivity index (χ1) is 8.71. The second-order valence-corrected chi connectivity index (χ2v) is 6.00. The molecule has 0 radical (unpaired) electrons. The van der Waals surface area contributed by atoms with E-state index in [-0.39, 0.29) is 17.9 Å². The summed E-state index contributed by atoms with van der Waals surface area (Å²) >= 11 is 0. The van der Waals surface area contributed by atoms with Gasteiger partial charge in [-0.05, 0) is 32.1 Å². The number of carbonyl (C=O) groups excluding carboxylic acids is 1. The molecule has 1 saturated heterocycles. The molecule has 1 aliphatic heterocycles. The third-order valence-corrected chi connectivity index (χ3v) is 4.59. The number of hydrogen-bond donors (Lipinski definition) is 1. The minimum atomic E-state index is -0.131. The number of amides is 1. The molecule has 102 valence electrons. The van der Waals surface area contributed by atoms with Gasteiger partial charge in [-0.15, -0.1) is 6.58 Å². The standard InChI is InChI=1S/C15H25NO2/c1-2-8-15(12-17)9-5-10-16(11-15)14(18)13-6-3-4-7-13/h2,13,17H,1,3-12H2. The Kier molecular flexibility index (Phi) is 4.44. The highest BCUT2D eigenvalue weighted by atomic mass is 16.3. The molecule has 0 aromatic carbocycles. The second-order valence-electron chi connectivity index (χ2n) is 6.00. The maximum atomic E-state index is 12.4. The molecule has 2 fully saturated rings. The van der Waals surface area contributed by atoms with E-state index in [1.54, 1.807) is 0 Å². The van der Waals surface area contributed by atoms with Crippen LogP contribution in [0.15, 0.2) is 12.7 Å². The number of hydrogen-bond acceptors (Lipinski definition) is 2. The van der Waals surface area contributed by atoms with E-state index in [1.807, 2.05) is 11.0 Å². The highest BCUT2D eigenvalue weighted by Crippen LogP contribution is 2.35. The minimum absolute atomic E-state index is 0.131. The molecule has 1 amide bonds. The highest BCUT2D eigenvalue weighted by molar-refractivity contribution is 5.79. The van der Waals surface area contributed by atoms with Gasteiger partial charge in [0.1, 0.15) is 0 Å². The Morgan fingerprint density at radius 1 is 1.39 bits per heavy atom. The average Bonchev–Trinajstić information content (AvgIpc) is 2.92. The summed E-state index contributed by atoms with van der Waals surface area (Å²) in [6, 6.07) is 0. The van der Waals surface area contributed by atoms with Crippen LogP contribution in [-0.4, -0.2) is 35.6 Å². The van der Waals surface area contributed by atoms with E-state index >= 15 is 0 Å². The smallest absolute Gasteiger partial charge is 0.225 e. The SMILES string of the molecule is C=CCC1(CO)CCCN(C(=O)C2CCCC2)C1. The molecule has 2 rings (SSSR count). The number of piperidine rings is 1. The van der Waals surface area contributed by atoms with Crippen molar-refractivity contribution in [3.8, 4) is 0 Å². The summed E-state index contributed by atoms with van der Waals surface area (Å²) in [7, 11) is 0. The van der Waals surface area contributed by atoms with E-state index in [0.717, 1.165) is 38.6 Å². The van der Waals surface area contributed by atoms with Crippen molar-refractivity contribution >= 4 is 5.91 Å². The van der Waals surface area contributed by atoms with Crippen LogP contribution in [0.4, 0.5) is 0 Å². The fourth-order valence-electron chi connectivity index (χ4n) is 3.49. The molecular weight excluding hydrogens is 226 g/mol. The van der Waals surface area contributed by atoms with Gasteiger partial charge in [-0.3, -0.25) is 4.79 Å². The van der Waals surface area contributed by atoms with Crippen molar-refractivity contribution in [2.75, 3.05) is 19.7 Å². The lowest BCUT2D eigenvalue weighted by Gasteiger charge is -2.42. The van der Waals surface area contributed by atoms with Crippen LogP contribution in [0, 0.1) is 11.3 Å². The van der Waals surface area contributed by atoms with Crippen molar-refractivity contribution in [3.63, 3.8) is 0 Å². The molecule has 1 atom stereocenters. The molecule has 2 aliphatic rings. The van der Waals surface area contributed by atoms with Crippen LogP contribution >= 0.6 is 0 Å². The van der Waals surface area contributed by atoms with Crippen LogP contribution in [0.1, 0.15) is 44.9 Å². The maximum Gasteiger partial charge on any atom is 0.225 e. The quantitative estimate of drug-likeness (QED) is 0.779. The molecule has 1 heterocycles. The summed E-state index contributed by atoms with van der Waals surface area (Å²) in [5.74, 6) is 0.581. The fraction of sp³-hybridized carbons (Fsp3) is 0.800. The normalized spacial score (nSPS) is 29.5. The van der Waals surface area contributed by atoms with E-state index in [2.05, 4.69) is 6.58 Å². The Labute approximate surface area is 110 Å². The summed E-state index contributed by atoms with van der Waals surface area (Å²) in [5.41, 5.74) is -0.131. The maximum absolute atomic E-state index is 12.4. The molecule has 0 aromatic heterocycles. The van der Waals surface area contributed by atoms with Gasteiger partial charge in [-0.1, -0.05) is 18.9 Å². The number of aliphatic hydroxyl groups is 1. The molecule has 1 aliphatic carbocycles. The fourth-order valence-corrected chi connectivity index (χ4v) is 3.49. The van der Waals surface area contributed by atoms with Crippen molar-refractivity contribution in [3.05, 3.63) is 12.7 Å². The second kappa shape index (κ2) is 5.87. The van der Waals surface area contributed by atoms with Crippen molar-refractivity contribution in [2.24, 2.45) is 11.3 Å². The third-order valence-electron chi connectivity index (χ3n) is 4.59. The van der Waals surface area contributed by atoms with E-state index in [0.29, 0.717) is 12.5 Å². The Morgan fingerprint density at radius 3 is 2.72 bits per heavy atom. The van der Waals surface area contributed by atoms with Crippen molar-refractivity contribution in [2.45, 2.75) is 44.9 Å². The number of carbonyl (C=O) groups is 1. The van der Waals surface area contributed by atoms with E-state index in [4.69, 9.17) is 0 Å². The topological polar surface area (TPSA) is 40.5 Å². The Bertz CT molecular complexity index is 310. The van der Waals surface area contributed by atoms with Crippen molar-refractivity contribution in [1.29, 1.82) is 0 Å². The summed E-state index contributed by atoms with van der Waals surface area (Å²) in [6.07, 6.45) is 9.20. The zero-order valence-corrected chi connectivity index (χ0v) is 11.2. The van der Waals surface area contributed by atoms with Gasteiger partial charge in [0, 0.05) is 24.4 Å². The molecule has 3 nitrogen and oxygen atoms in total. The lowest BCUT2D eigenvalue weighted by Crippen LogP contribution is -2.49. The van der Waals surface area contributed by atoms with Gasteiger partial charge in [0.05, 0.1) is 6.61 Å². The average molecular weight is 251 g/mol. The Morgan fingerprint density at radius 2 is 2.11 bits per heavy atom. The van der Waals surface area contributed by atoms with Gasteiger partial charge >= 0.3 is 0 Å². The first-order valence-corrected chi connectivity index (χ1v) is 7.21. The van der Waals surface area contributed by atoms with Crippen molar-refractivity contribution in [1.82, 2.24) is 4.90 Å². The molecule has 0 aromatic rings. The zero-order chi connectivity index (χ0) is 13.0. The highest BCUT2D eigenvalue weighted by Gasteiger charge is 2.37. The summed E-state index contributed by atoms with van der Waals surface area (Å²) in [4.78, 5) is 14.4. The number of rotatable bonds is 4.